The average Bonchev–Trinajstić information content (AvgIpc) is 2.68. The monoisotopic (exact) mass is 428 g/mol. The molecule has 1 aromatic heterocycles. The van der Waals surface area contributed by atoms with Crippen LogP contribution in [0.3, 0.4) is 0 Å². The average molecular weight is 431 g/mol. The van der Waals surface area contributed by atoms with Gasteiger partial charge in [0.2, 0.25) is 0 Å². The first-order valence-corrected chi connectivity index (χ1v) is 8.17. The van der Waals surface area contributed by atoms with Crippen LogP contribution in [-0.4, -0.2) is 7.11 Å². The molecule has 0 aliphatic rings. The fraction of sp³-hybridized carbons (Fsp3) is 0.167. The van der Waals surface area contributed by atoms with Gasteiger partial charge in [0.1, 0.15) is 5.75 Å². The topological polar surface area (TPSA) is 9.23 Å². The van der Waals surface area contributed by atoms with E-state index in [1.54, 1.807) is 24.5 Å². The molecule has 1 aromatic carbocycles. The number of rotatable bonds is 3. The highest BCUT2D eigenvalue weighted by molar-refractivity contribution is 9.13. The van der Waals surface area contributed by atoms with Crippen molar-refractivity contribution < 1.29 is 4.74 Å². The van der Waals surface area contributed by atoms with Crippen molar-refractivity contribution in [1.29, 1.82) is 0 Å². The van der Waals surface area contributed by atoms with E-state index in [0.717, 1.165) is 18.7 Å². The van der Waals surface area contributed by atoms with Gasteiger partial charge in [-0.25, -0.2) is 0 Å². The van der Waals surface area contributed by atoms with E-state index in [2.05, 4.69) is 31.9 Å². The maximum Gasteiger partial charge on any atom is 0.125 e. The molecule has 0 N–H and O–H groups in total. The lowest BCUT2D eigenvalue weighted by Crippen LogP contribution is -1.95. The van der Waals surface area contributed by atoms with Crippen molar-refractivity contribution in [2.45, 2.75) is 5.38 Å². The van der Waals surface area contributed by atoms with Crippen LogP contribution in [0, 0.1) is 0 Å². The van der Waals surface area contributed by atoms with E-state index in [4.69, 9.17) is 27.9 Å². The van der Waals surface area contributed by atoms with Crippen molar-refractivity contribution in [3.8, 4) is 5.75 Å². The minimum Gasteiger partial charge on any atom is -0.496 e. The van der Waals surface area contributed by atoms with E-state index in [1.165, 1.54) is 0 Å². The van der Waals surface area contributed by atoms with Crippen LogP contribution in [0.1, 0.15) is 15.8 Å². The summed E-state index contributed by atoms with van der Waals surface area (Å²) in [5.41, 5.74) is 0.907. The zero-order chi connectivity index (χ0) is 13.3. The normalized spacial score (nSPS) is 12.5. The minimum atomic E-state index is -0.259. The molecule has 0 aliphatic carbocycles. The van der Waals surface area contributed by atoms with Gasteiger partial charge in [0.15, 0.2) is 0 Å². The molecule has 0 amide bonds. The van der Waals surface area contributed by atoms with E-state index in [-0.39, 0.29) is 5.38 Å². The molecular weight excluding hydrogens is 423 g/mol. The molecule has 1 unspecified atom stereocenters. The Morgan fingerprint density at radius 1 is 1.28 bits per heavy atom. The third-order valence-electron chi connectivity index (χ3n) is 2.38. The number of thiophene rings is 1. The van der Waals surface area contributed by atoms with Crippen LogP contribution in [0.15, 0.2) is 32.5 Å². The summed E-state index contributed by atoms with van der Waals surface area (Å²) in [7, 11) is 1.61. The van der Waals surface area contributed by atoms with E-state index in [0.29, 0.717) is 10.8 Å². The van der Waals surface area contributed by atoms with E-state index < -0.39 is 0 Å². The predicted octanol–water partition coefficient (Wildman–Crippen LogP) is 6.26. The molecule has 1 nitrogen and oxygen atoms in total. The highest BCUT2D eigenvalue weighted by Gasteiger charge is 2.19. The van der Waals surface area contributed by atoms with Crippen LogP contribution in [-0.2, 0) is 0 Å². The molecule has 0 fully saturated rings. The van der Waals surface area contributed by atoms with Gasteiger partial charge in [0, 0.05) is 19.9 Å². The Labute approximate surface area is 136 Å². The van der Waals surface area contributed by atoms with Gasteiger partial charge in [-0.15, -0.1) is 22.9 Å². The standard InChI is InChI=1S/C12H8Br2Cl2OS/c1-17-9-4-6(15)2-3-7(9)11(16)10-5-8(13)12(14)18-10/h2-5,11H,1H3. The molecule has 0 bridgehead atoms. The summed E-state index contributed by atoms with van der Waals surface area (Å²) >= 11 is 21.0. The molecule has 0 aliphatic heterocycles. The molecule has 2 aromatic rings. The van der Waals surface area contributed by atoms with Crippen LogP contribution in [0.5, 0.6) is 5.75 Å². The molecule has 0 saturated carbocycles. The fourth-order valence-electron chi connectivity index (χ4n) is 1.54. The third kappa shape index (κ3) is 3.05. The largest absolute Gasteiger partial charge is 0.496 e. The Bertz CT molecular complexity index is 552. The van der Waals surface area contributed by atoms with Gasteiger partial charge in [-0.05, 0) is 50.1 Å². The van der Waals surface area contributed by atoms with Crippen molar-refractivity contribution in [3.05, 3.63) is 48.0 Å². The second-order valence-corrected chi connectivity index (χ2v) is 7.65. The highest BCUT2D eigenvalue weighted by Crippen LogP contribution is 2.43. The predicted molar refractivity (Wildman–Crippen MR) is 85.4 cm³/mol. The molecule has 1 atom stereocenters. The molecular formula is C12H8Br2Cl2OS. The van der Waals surface area contributed by atoms with Crippen LogP contribution >= 0.6 is 66.4 Å². The number of ether oxygens (including phenoxy) is 1. The molecule has 1 heterocycles. The Kier molecular flexibility index (Phi) is 5.00. The SMILES string of the molecule is COc1cc(Cl)ccc1C(Cl)c1cc(Br)c(Br)s1. The second kappa shape index (κ2) is 6.14. The zero-order valence-electron chi connectivity index (χ0n) is 9.22. The maximum absolute atomic E-state index is 6.50. The third-order valence-corrected chi connectivity index (χ3v) is 6.54. The van der Waals surface area contributed by atoms with Crippen molar-refractivity contribution >= 4 is 66.4 Å². The second-order valence-electron chi connectivity index (χ2n) is 3.52. The van der Waals surface area contributed by atoms with Gasteiger partial charge in [-0.1, -0.05) is 17.7 Å². The number of alkyl halides is 1. The Morgan fingerprint density at radius 3 is 2.56 bits per heavy atom. The van der Waals surface area contributed by atoms with Crippen molar-refractivity contribution in [2.24, 2.45) is 0 Å². The van der Waals surface area contributed by atoms with E-state index in [1.807, 2.05) is 18.2 Å². The Hall–Kier alpha value is 0.260. The van der Waals surface area contributed by atoms with E-state index in [9.17, 15) is 0 Å². The quantitative estimate of drug-likeness (QED) is 0.522. The lowest BCUT2D eigenvalue weighted by molar-refractivity contribution is 0.410. The van der Waals surface area contributed by atoms with Gasteiger partial charge in [0.05, 0.1) is 16.3 Å². The number of hydrogen-bond donors (Lipinski definition) is 0. The zero-order valence-corrected chi connectivity index (χ0v) is 14.7. The van der Waals surface area contributed by atoms with Gasteiger partial charge >= 0.3 is 0 Å². The number of hydrogen-bond acceptors (Lipinski definition) is 2. The minimum absolute atomic E-state index is 0.259. The highest BCUT2D eigenvalue weighted by atomic mass is 79.9. The molecule has 2 rings (SSSR count). The molecule has 18 heavy (non-hydrogen) atoms. The molecule has 0 saturated heterocycles. The summed E-state index contributed by atoms with van der Waals surface area (Å²) in [5, 5.41) is 0.373. The van der Waals surface area contributed by atoms with Gasteiger partial charge in [-0.3, -0.25) is 0 Å². The molecule has 96 valence electrons. The maximum atomic E-state index is 6.50. The van der Waals surface area contributed by atoms with Gasteiger partial charge in [-0.2, -0.15) is 0 Å². The molecule has 6 heteroatoms. The first-order valence-electron chi connectivity index (χ1n) is 4.95. The van der Waals surface area contributed by atoms with Crippen LogP contribution in [0.2, 0.25) is 5.02 Å². The summed E-state index contributed by atoms with van der Waals surface area (Å²) in [6.45, 7) is 0. The first-order chi connectivity index (χ1) is 8.52. The van der Waals surface area contributed by atoms with Crippen molar-refractivity contribution in [2.75, 3.05) is 7.11 Å². The Balaban J connectivity index is 2.42. The first kappa shape index (κ1) is 14.7. The van der Waals surface area contributed by atoms with Crippen LogP contribution in [0.25, 0.3) is 0 Å². The lowest BCUT2D eigenvalue weighted by atomic mass is 10.1. The van der Waals surface area contributed by atoms with Gasteiger partial charge in [0.25, 0.3) is 0 Å². The Morgan fingerprint density at radius 2 is 2.00 bits per heavy atom. The van der Waals surface area contributed by atoms with E-state index >= 15 is 0 Å². The summed E-state index contributed by atoms with van der Waals surface area (Å²) in [6, 6.07) is 7.47. The van der Waals surface area contributed by atoms with Crippen LogP contribution in [0.4, 0.5) is 0 Å². The number of methoxy groups -OCH3 is 1. The summed E-state index contributed by atoms with van der Waals surface area (Å²) < 4.78 is 7.34. The molecule has 0 spiro atoms. The van der Waals surface area contributed by atoms with Crippen LogP contribution < -0.4 is 4.74 Å². The molecule has 0 radical (unpaired) electrons. The summed E-state index contributed by atoms with van der Waals surface area (Å²) in [6.07, 6.45) is 0. The lowest BCUT2D eigenvalue weighted by Gasteiger charge is -2.12. The summed E-state index contributed by atoms with van der Waals surface area (Å²) in [5.74, 6) is 0.697. The van der Waals surface area contributed by atoms with Crippen molar-refractivity contribution in [3.63, 3.8) is 0 Å². The van der Waals surface area contributed by atoms with Gasteiger partial charge < -0.3 is 4.74 Å². The number of benzene rings is 1. The number of halogens is 4. The fourth-order valence-corrected chi connectivity index (χ4v) is 4.16. The van der Waals surface area contributed by atoms with Crippen molar-refractivity contribution in [1.82, 2.24) is 0 Å². The smallest absolute Gasteiger partial charge is 0.125 e. The summed E-state index contributed by atoms with van der Waals surface area (Å²) in [4.78, 5) is 1.04.